The fourth-order valence-electron chi connectivity index (χ4n) is 3.74. The Morgan fingerprint density at radius 3 is 2.75 bits per heavy atom. The number of nitrogens with zero attached hydrogens (tertiary/aromatic N) is 3. The number of imidazole rings is 1. The molecule has 9 heteroatoms. The van der Waals surface area contributed by atoms with Gasteiger partial charge in [0.25, 0.3) is 0 Å². The van der Waals surface area contributed by atoms with Gasteiger partial charge in [0.2, 0.25) is 15.0 Å². The Morgan fingerprint density at radius 1 is 1.38 bits per heavy atom. The van der Waals surface area contributed by atoms with Crippen molar-refractivity contribution in [1.29, 1.82) is 0 Å². The molecule has 174 valence electrons. The SMILES string of the molecule is C=CCn1c(CN(C[C@H]2CCCO2)C(=O)NC(C)C)cnc1S(=O)(=O)Cc1ccccc1. The van der Waals surface area contributed by atoms with E-state index in [2.05, 4.69) is 16.9 Å². The van der Waals surface area contributed by atoms with Gasteiger partial charge < -0.3 is 19.5 Å². The molecule has 1 saturated heterocycles. The maximum absolute atomic E-state index is 13.1. The van der Waals surface area contributed by atoms with E-state index >= 15 is 0 Å². The van der Waals surface area contributed by atoms with E-state index < -0.39 is 9.84 Å². The highest BCUT2D eigenvalue weighted by molar-refractivity contribution is 7.90. The Morgan fingerprint density at radius 2 is 2.12 bits per heavy atom. The van der Waals surface area contributed by atoms with E-state index in [4.69, 9.17) is 4.74 Å². The standard InChI is InChI=1S/C23H32N4O4S/c1-4-12-27-20(14-24-23(27)32(29,30)17-19-9-6-5-7-10-19)15-26(22(28)25-18(2)3)16-21-11-8-13-31-21/h4-7,9-10,14,18,21H,1,8,11-13,15-17H2,2-3H3,(H,25,28)/t21-/m1/s1. The quantitative estimate of drug-likeness (QED) is 0.550. The number of hydrogen-bond acceptors (Lipinski definition) is 5. The van der Waals surface area contributed by atoms with Crippen LogP contribution in [0.25, 0.3) is 0 Å². The number of sulfone groups is 1. The fourth-order valence-corrected chi connectivity index (χ4v) is 5.24. The Hall–Kier alpha value is -2.65. The molecule has 32 heavy (non-hydrogen) atoms. The number of carbonyl (C=O) groups excluding carboxylic acids is 1. The highest BCUT2D eigenvalue weighted by atomic mass is 32.2. The zero-order valence-electron chi connectivity index (χ0n) is 18.7. The van der Waals surface area contributed by atoms with Gasteiger partial charge in [-0.2, -0.15) is 0 Å². The molecule has 3 rings (SSSR count). The second kappa shape index (κ2) is 10.8. The molecule has 2 aromatic rings. The molecule has 1 aliphatic heterocycles. The van der Waals surface area contributed by atoms with Crippen molar-refractivity contribution in [3.05, 3.63) is 60.4 Å². The van der Waals surface area contributed by atoms with E-state index in [1.165, 1.54) is 6.20 Å². The lowest BCUT2D eigenvalue weighted by Gasteiger charge is -2.27. The summed E-state index contributed by atoms with van der Waals surface area (Å²) in [6, 6.07) is 8.78. The Bertz CT molecular complexity index is 1010. The molecule has 0 radical (unpaired) electrons. The van der Waals surface area contributed by atoms with Gasteiger partial charge in [-0.1, -0.05) is 36.4 Å². The third kappa shape index (κ3) is 6.20. The minimum absolute atomic E-state index is 0.0161. The van der Waals surface area contributed by atoms with Crippen molar-refractivity contribution in [3.63, 3.8) is 0 Å². The normalized spacial score (nSPS) is 16.3. The van der Waals surface area contributed by atoms with Crippen LogP contribution in [0.4, 0.5) is 4.79 Å². The first kappa shape index (κ1) is 24.0. The van der Waals surface area contributed by atoms with E-state index in [1.807, 2.05) is 32.0 Å². The zero-order chi connectivity index (χ0) is 23.1. The summed E-state index contributed by atoms with van der Waals surface area (Å²) in [5, 5.41) is 2.91. The molecule has 1 aromatic heterocycles. The van der Waals surface area contributed by atoms with Crippen LogP contribution in [0.5, 0.6) is 0 Å². The second-order valence-corrected chi connectivity index (χ2v) is 10.2. The summed E-state index contributed by atoms with van der Waals surface area (Å²) in [5.74, 6) is -0.144. The van der Waals surface area contributed by atoms with Gasteiger partial charge in [-0.3, -0.25) is 0 Å². The van der Waals surface area contributed by atoms with E-state index in [9.17, 15) is 13.2 Å². The summed E-state index contributed by atoms with van der Waals surface area (Å²) < 4.78 is 33.6. The number of urea groups is 1. The third-order valence-electron chi connectivity index (χ3n) is 5.19. The number of rotatable bonds is 10. The van der Waals surface area contributed by atoms with Crippen LogP contribution in [0.1, 0.15) is 37.9 Å². The predicted molar refractivity (Wildman–Crippen MR) is 123 cm³/mol. The van der Waals surface area contributed by atoms with Crippen molar-refractivity contribution < 1.29 is 17.9 Å². The number of amides is 2. The zero-order valence-corrected chi connectivity index (χ0v) is 19.6. The molecular formula is C23H32N4O4S. The number of nitrogens with one attached hydrogen (secondary N) is 1. The molecule has 2 heterocycles. The van der Waals surface area contributed by atoms with Crippen LogP contribution in [0.2, 0.25) is 0 Å². The summed E-state index contributed by atoms with van der Waals surface area (Å²) >= 11 is 0. The molecule has 0 bridgehead atoms. The van der Waals surface area contributed by atoms with Gasteiger partial charge >= 0.3 is 6.03 Å². The Balaban J connectivity index is 1.87. The monoisotopic (exact) mass is 460 g/mol. The molecule has 0 unspecified atom stereocenters. The van der Waals surface area contributed by atoms with Gasteiger partial charge in [0.15, 0.2) is 0 Å². The second-order valence-electron chi connectivity index (χ2n) is 8.30. The number of aromatic nitrogens is 2. The van der Waals surface area contributed by atoms with E-state index in [0.29, 0.717) is 24.4 Å². The van der Waals surface area contributed by atoms with E-state index in [-0.39, 0.29) is 42.2 Å². The van der Waals surface area contributed by atoms with E-state index in [1.54, 1.807) is 27.7 Å². The highest BCUT2D eigenvalue weighted by Gasteiger charge is 2.27. The summed E-state index contributed by atoms with van der Waals surface area (Å²) in [6.07, 6.45) is 5.01. The average molecular weight is 461 g/mol. The highest BCUT2D eigenvalue weighted by Crippen LogP contribution is 2.20. The van der Waals surface area contributed by atoms with E-state index in [0.717, 1.165) is 12.8 Å². The molecule has 1 N–H and O–H groups in total. The molecule has 0 spiro atoms. The van der Waals surface area contributed by atoms with Crippen LogP contribution in [0.3, 0.4) is 0 Å². The number of carbonyl (C=O) groups is 1. The van der Waals surface area contributed by atoms with Gasteiger partial charge in [-0.25, -0.2) is 18.2 Å². The third-order valence-corrected chi connectivity index (χ3v) is 6.79. The first-order chi connectivity index (χ1) is 15.3. The van der Waals surface area contributed by atoms with Crippen molar-refractivity contribution in [1.82, 2.24) is 19.8 Å². The van der Waals surface area contributed by atoms with Crippen molar-refractivity contribution in [2.45, 2.75) is 62.8 Å². The summed E-state index contributed by atoms with van der Waals surface area (Å²) in [6.45, 7) is 9.19. The lowest BCUT2D eigenvalue weighted by atomic mass is 10.2. The Labute approximate surface area is 190 Å². The Kier molecular flexibility index (Phi) is 8.09. The number of hydrogen-bond donors (Lipinski definition) is 1. The smallest absolute Gasteiger partial charge is 0.318 e. The minimum atomic E-state index is -3.68. The fraction of sp³-hybridized carbons (Fsp3) is 0.478. The molecule has 0 aliphatic carbocycles. The first-order valence-electron chi connectivity index (χ1n) is 10.9. The summed E-state index contributed by atoms with van der Waals surface area (Å²) in [7, 11) is -3.68. The predicted octanol–water partition coefficient (Wildman–Crippen LogP) is 3.14. The van der Waals surface area contributed by atoms with Crippen LogP contribution < -0.4 is 5.32 Å². The average Bonchev–Trinajstić information content (AvgIpc) is 3.38. The maximum Gasteiger partial charge on any atom is 0.318 e. The van der Waals surface area contributed by atoms with Gasteiger partial charge in [-0.05, 0) is 32.3 Å². The summed E-state index contributed by atoms with van der Waals surface area (Å²) in [5.41, 5.74) is 1.33. The lowest BCUT2D eigenvalue weighted by Crippen LogP contribution is -2.45. The topological polar surface area (TPSA) is 93.5 Å². The van der Waals surface area contributed by atoms with Gasteiger partial charge in [0, 0.05) is 25.7 Å². The molecular weight excluding hydrogens is 428 g/mol. The maximum atomic E-state index is 13.1. The largest absolute Gasteiger partial charge is 0.376 e. The molecule has 1 aliphatic rings. The van der Waals surface area contributed by atoms with Gasteiger partial charge in [0.1, 0.15) is 0 Å². The minimum Gasteiger partial charge on any atom is -0.376 e. The van der Waals surface area contributed by atoms with Gasteiger partial charge in [0.05, 0.1) is 30.3 Å². The summed E-state index contributed by atoms with van der Waals surface area (Å²) in [4.78, 5) is 18.8. The molecule has 1 atom stereocenters. The number of benzene rings is 1. The van der Waals surface area contributed by atoms with Crippen molar-refractivity contribution in [2.24, 2.45) is 0 Å². The van der Waals surface area contributed by atoms with Crippen molar-refractivity contribution in [2.75, 3.05) is 13.2 Å². The molecule has 8 nitrogen and oxygen atoms in total. The van der Waals surface area contributed by atoms with Crippen LogP contribution in [0, 0.1) is 0 Å². The number of allylic oxidation sites excluding steroid dienone is 1. The molecule has 2 amide bonds. The van der Waals surface area contributed by atoms with Crippen molar-refractivity contribution >= 4 is 15.9 Å². The van der Waals surface area contributed by atoms with Crippen LogP contribution in [-0.4, -0.2) is 54.2 Å². The first-order valence-corrected chi connectivity index (χ1v) is 12.5. The van der Waals surface area contributed by atoms with Gasteiger partial charge in [-0.15, -0.1) is 6.58 Å². The number of ether oxygens (including phenoxy) is 1. The molecule has 1 fully saturated rings. The molecule has 0 saturated carbocycles. The lowest BCUT2D eigenvalue weighted by molar-refractivity contribution is 0.0785. The van der Waals surface area contributed by atoms with Crippen molar-refractivity contribution in [3.8, 4) is 0 Å². The molecule has 1 aromatic carbocycles. The van der Waals surface area contributed by atoms with Crippen LogP contribution in [0.15, 0.2) is 54.3 Å². The van der Waals surface area contributed by atoms with Crippen LogP contribution in [-0.2, 0) is 33.4 Å². The van der Waals surface area contributed by atoms with Crippen LogP contribution >= 0.6 is 0 Å².